The number of aliphatic carboxylic acids is 1. The van der Waals surface area contributed by atoms with E-state index in [9.17, 15) is 29.1 Å². The number of thiol groups is 1. The molecular formula is C22H34N6O6S. The van der Waals surface area contributed by atoms with E-state index in [4.69, 9.17) is 17.2 Å². The third-order valence-electron chi connectivity index (χ3n) is 5.06. The van der Waals surface area contributed by atoms with Crippen molar-refractivity contribution in [1.29, 1.82) is 0 Å². The van der Waals surface area contributed by atoms with Gasteiger partial charge in [0, 0.05) is 12.2 Å². The Bertz CT molecular complexity index is 871. The van der Waals surface area contributed by atoms with Crippen molar-refractivity contribution in [1.82, 2.24) is 16.0 Å². The van der Waals surface area contributed by atoms with E-state index in [0.29, 0.717) is 31.4 Å². The minimum Gasteiger partial charge on any atom is -0.480 e. The number of nitrogens with one attached hydrogen (secondary N) is 3. The van der Waals surface area contributed by atoms with Crippen LogP contribution in [0.1, 0.15) is 31.2 Å². The van der Waals surface area contributed by atoms with Crippen LogP contribution in [0.25, 0.3) is 0 Å². The van der Waals surface area contributed by atoms with Crippen LogP contribution < -0.4 is 33.2 Å². The Morgan fingerprint density at radius 2 is 1.46 bits per heavy atom. The van der Waals surface area contributed by atoms with Crippen molar-refractivity contribution >= 4 is 42.2 Å². The van der Waals surface area contributed by atoms with Gasteiger partial charge in [-0.25, -0.2) is 4.79 Å². The molecule has 1 rings (SSSR count). The molecule has 194 valence electrons. The van der Waals surface area contributed by atoms with E-state index >= 15 is 0 Å². The van der Waals surface area contributed by atoms with Gasteiger partial charge in [0.15, 0.2) is 0 Å². The maximum absolute atomic E-state index is 12.8. The largest absolute Gasteiger partial charge is 0.480 e. The van der Waals surface area contributed by atoms with E-state index < -0.39 is 60.2 Å². The zero-order chi connectivity index (χ0) is 26.4. The molecule has 4 atom stereocenters. The number of carboxylic acids is 1. The molecule has 10 N–H and O–H groups in total. The molecule has 0 saturated carbocycles. The Morgan fingerprint density at radius 3 is 2.00 bits per heavy atom. The molecule has 0 aliphatic carbocycles. The quantitative estimate of drug-likeness (QED) is 0.0918. The predicted octanol–water partition coefficient (Wildman–Crippen LogP) is -1.97. The summed E-state index contributed by atoms with van der Waals surface area (Å²) in [7, 11) is 0. The van der Waals surface area contributed by atoms with Crippen LogP contribution in [0.5, 0.6) is 0 Å². The van der Waals surface area contributed by atoms with Gasteiger partial charge in [0.05, 0.1) is 12.5 Å². The number of primary amides is 1. The molecule has 0 saturated heterocycles. The van der Waals surface area contributed by atoms with Crippen molar-refractivity contribution in [2.24, 2.45) is 17.2 Å². The summed E-state index contributed by atoms with van der Waals surface area (Å²) in [5, 5.41) is 16.6. The Balaban J connectivity index is 2.83. The van der Waals surface area contributed by atoms with Gasteiger partial charge in [-0.05, 0) is 24.9 Å². The van der Waals surface area contributed by atoms with Crippen LogP contribution in [0.15, 0.2) is 30.3 Å². The molecule has 0 aliphatic rings. The molecule has 0 bridgehead atoms. The molecule has 0 aliphatic heterocycles. The summed E-state index contributed by atoms with van der Waals surface area (Å²) in [6.07, 6.45) is 1.10. The molecule has 35 heavy (non-hydrogen) atoms. The molecule has 0 heterocycles. The highest BCUT2D eigenvalue weighted by atomic mass is 32.1. The van der Waals surface area contributed by atoms with E-state index in [2.05, 4.69) is 28.6 Å². The van der Waals surface area contributed by atoms with Gasteiger partial charge in [0.2, 0.25) is 23.6 Å². The maximum Gasteiger partial charge on any atom is 0.326 e. The fourth-order valence-electron chi connectivity index (χ4n) is 3.12. The minimum atomic E-state index is -1.38. The van der Waals surface area contributed by atoms with Crippen LogP contribution in [0.4, 0.5) is 0 Å². The monoisotopic (exact) mass is 510 g/mol. The maximum atomic E-state index is 12.8. The summed E-state index contributed by atoms with van der Waals surface area (Å²) >= 11 is 4.06. The summed E-state index contributed by atoms with van der Waals surface area (Å²) in [4.78, 5) is 60.9. The van der Waals surface area contributed by atoms with E-state index in [-0.39, 0.29) is 12.2 Å². The number of hydrogen-bond donors (Lipinski definition) is 8. The van der Waals surface area contributed by atoms with Crippen molar-refractivity contribution in [2.75, 3.05) is 12.3 Å². The van der Waals surface area contributed by atoms with Crippen LogP contribution in [0.2, 0.25) is 0 Å². The second-order valence-corrected chi connectivity index (χ2v) is 8.32. The molecule has 12 nitrogen and oxygen atoms in total. The number of benzene rings is 1. The SMILES string of the molecule is NCCCCC(N)C(=O)NC(CC(N)=O)C(=O)NC(CS)C(=O)NC(Cc1ccccc1)C(=O)O. The first-order chi connectivity index (χ1) is 16.6. The van der Waals surface area contributed by atoms with Crippen molar-refractivity contribution in [3.05, 3.63) is 35.9 Å². The molecule has 1 aromatic carbocycles. The molecule has 4 amide bonds. The average molecular weight is 511 g/mol. The molecule has 0 aromatic heterocycles. The van der Waals surface area contributed by atoms with Gasteiger partial charge in [-0.3, -0.25) is 19.2 Å². The number of carbonyl (C=O) groups is 5. The number of amides is 4. The van der Waals surface area contributed by atoms with Gasteiger partial charge in [-0.1, -0.05) is 36.8 Å². The van der Waals surface area contributed by atoms with Gasteiger partial charge < -0.3 is 38.3 Å². The second-order valence-electron chi connectivity index (χ2n) is 7.96. The summed E-state index contributed by atoms with van der Waals surface area (Å²) in [6, 6.07) is 3.90. The Hall–Kier alpha value is -3.16. The molecule has 13 heteroatoms. The van der Waals surface area contributed by atoms with Gasteiger partial charge >= 0.3 is 5.97 Å². The fraction of sp³-hybridized carbons (Fsp3) is 0.500. The van der Waals surface area contributed by atoms with E-state index in [1.54, 1.807) is 30.3 Å². The standard InChI is InChI=1S/C22H34N6O6S/c23-9-5-4-8-14(24)19(30)26-15(11-18(25)29)20(31)28-17(12-35)21(32)27-16(22(33)34)10-13-6-2-1-3-7-13/h1-3,6-7,14-17,35H,4-5,8-12,23-24H2,(H2,25,29)(H,26,30)(H,27,32)(H,28,31)(H,33,34). The third-order valence-corrected chi connectivity index (χ3v) is 5.42. The average Bonchev–Trinajstić information content (AvgIpc) is 2.81. The molecular weight excluding hydrogens is 476 g/mol. The zero-order valence-corrected chi connectivity index (χ0v) is 20.2. The summed E-state index contributed by atoms with van der Waals surface area (Å²) in [5.74, 6) is -4.61. The van der Waals surface area contributed by atoms with Crippen molar-refractivity contribution < 1.29 is 29.1 Å². The van der Waals surface area contributed by atoms with E-state index in [1.165, 1.54) is 0 Å². The summed E-state index contributed by atoms with van der Waals surface area (Å²) in [6.45, 7) is 0.447. The van der Waals surface area contributed by atoms with Gasteiger partial charge in [-0.2, -0.15) is 12.6 Å². The fourth-order valence-corrected chi connectivity index (χ4v) is 3.37. The lowest BCUT2D eigenvalue weighted by atomic mass is 10.1. The molecule has 4 unspecified atom stereocenters. The normalized spacial score (nSPS) is 14.1. The lowest BCUT2D eigenvalue weighted by Crippen LogP contribution is -2.58. The summed E-state index contributed by atoms with van der Waals surface area (Å²) in [5.41, 5.74) is 17.1. The molecule has 1 aromatic rings. The Kier molecular flexibility index (Phi) is 13.4. The topological polar surface area (TPSA) is 220 Å². The minimum absolute atomic E-state index is 0.0254. The van der Waals surface area contributed by atoms with Crippen LogP contribution in [-0.2, 0) is 30.4 Å². The smallest absolute Gasteiger partial charge is 0.326 e. The van der Waals surface area contributed by atoms with Crippen molar-refractivity contribution in [3.8, 4) is 0 Å². The van der Waals surface area contributed by atoms with Crippen LogP contribution in [0, 0.1) is 0 Å². The lowest BCUT2D eigenvalue weighted by Gasteiger charge is -2.24. The first-order valence-electron chi connectivity index (χ1n) is 11.1. The lowest BCUT2D eigenvalue weighted by molar-refractivity contribution is -0.142. The molecule has 0 fully saturated rings. The Labute approximate surface area is 209 Å². The molecule has 0 radical (unpaired) electrons. The number of carboxylic acid groups (broad SMARTS) is 1. The number of hydrogen-bond acceptors (Lipinski definition) is 8. The van der Waals surface area contributed by atoms with Crippen LogP contribution in [0.3, 0.4) is 0 Å². The number of carbonyl (C=O) groups excluding carboxylic acids is 4. The van der Waals surface area contributed by atoms with Gasteiger partial charge in [-0.15, -0.1) is 0 Å². The van der Waals surface area contributed by atoms with Crippen LogP contribution in [-0.4, -0.2) is 71.2 Å². The van der Waals surface area contributed by atoms with Crippen LogP contribution >= 0.6 is 12.6 Å². The predicted molar refractivity (Wildman–Crippen MR) is 132 cm³/mol. The number of rotatable bonds is 16. The van der Waals surface area contributed by atoms with E-state index in [1.807, 2.05) is 0 Å². The number of unbranched alkanes of at least 4 members (excludes halogenated alkanes) is 1. The van der Waals surface area contributed by atoms with E-state index in [0.717, 1.165) is 0 Å². The summed E-state index contributed by atoms with van der Waals surface area (Å²) < 4.78 is 0. The van der Waals surface area contributed by atoms with Crippen molar-refractivity contribution in [2.45, 2.75) is 56.3 Å². The Morgan fingerprint density at radius 1 is 0.886 bits per heavy atom. The van der Waals surface area contributed by atoms with Gasteiger partial charge in [0.1, 0.15) is 18.1 Å². The molecule has 0 spiro atoms. The second kappa shape index (κ2) is 15.7. The highest BCUT2D eigenvalue weighted by Crippen LogP contribution is 2.05. The third kappa shape index (κ3) is 11.2. The zero-order valence-electron chi connectivity index (χ0n) is 19.3. The highest BCUT2D eigenvalue weighted by Gasteiger charge is 2.30. The van der Waals surface area contributed by atoms with Crippen molar-refractivity contribution in [3.63, 3.8) is 0 Å². The first-order valence-corrected chi connectivity index (χ1v) is 11.7. The number of nitrogens with two attached hydrogens (primary N) is 3. The van der Waals surface area contributed by atoms with Gasteiger partial charge in [0.25, 0.3) is 0 Å². The first kappa shape index (κ1) is 29.9. The highest BCUT2D eigenvalue weighted by molar-refractivity contribution is 7.80.